The molecular formula is C14H27NO. The first-order chi connectivity index (χ1) is 7.79. The monoisotopic (exact) mass is 225 g/mol. The third-order valence-corrected chi connectivity index (χ3v) is 4.40. The Morgan fingerprint density at radius 2 is 1.88 bits per heavy atom. The van der Waals surface area contributed by atoms with E-state index in [1.165, 1.54) is 51.4 Å². The van der Waals surface area contributed by atoms with Gasteiger partial charge in [0.1, 0.15) is 0 Å². The average Bonchev–Trinajstić information content (AvgIpc) is 2.30. The number of ether oxygens (including phenoxy) is 1. The van der Waals surface area contributed by atoms with Crippen molar-refractivity contribution in [2.24, 2.45) is 11.7 Å². The molecule has 0 aromatic rings. The van der Waals surface area contributed by atoms with Crippen LogP contribution < -0.4 is 5.73 Å². The normalized spacial score (nSPS) is 40.9. The largest absolute Gasteiger partial charge is 0.375 e. The van der Waals surface area contributed by atoms with E-state index in [4.69, 9.17) is 10.5 Å². The summed E-state index contributed by atoms with van der Waals surface area (Å²) in [5.41, 5.74) is 6.02. The molecule has 0 amide bonds. The van der Waals surface area contributed by atoms with E-state index < -0.39 is 0 Å². The van der Waals surface area contributed by atoms with Gasteiger partial charge in [0.05, 0.1) is 12.2 Å². The van der Waals surface area contributed by atoms with Gasteiger partial charge in [0.25, 0.3) is 0 Å². The van der Waals surface area contributed by atoms with Crippen molar-refractivity contribution in [3.63, 3.8) is 0 Å². The van der Waals surface area contributed by atoms with Gasteiger partial charge in [-0.05, 0) is 44.4 Å². The van der Waals surface area contributed by atoms with Gasteiger partial charge >= 0.3 is 0 Å². The van der Waals surface area contributed by atoms with E-state index in [9.17, 15) is 0 Å². The zero-order valence-corrected chi connectivity index (χ0v) is 10.7. The molecule has 4 atom stereocenters. The summed E-state index contributed by atoms with van der Waals surface area (Å²) in [6.07, 6.45) is 12.5. The Labute approximate surface area is 99.9 Å². The summed E-state index contributed by atoms with van der Waals surface area (Å²) in [5.74, 6) is 0.812. The van der Waals surface area contributed by atoms with Crippen LogP contribution in [0.1, 0.15) is 64.7 Å². The van der Waals surface area contributed by atoms with Crippen LogP contribution in [-0.2, 0) is 4.74 Å². The predicted molar refractivity (Wildman–Crippen MR) is 67.4 cm³/mol. The van der Waals surface area contributed by atoms with Crippen LogP contribution in [0, 0.1) is 5.92 Å². The van der Waals surface area contributed by atoms with Gasteiger partial charge in [-0.1, -0.05) is 26.2 Å². The van der Waals surface area contributed by atoms with Gasteiger partial charge in [0.2, 0.25) is 0 Å². The standard InChI is InChI=1S/C14H27NO/c1-2-11-6-3-4-9-14(11)16-13-8-5-7-12(15)10-13/h11-14H,2-10,15H2,1H3. The highest BCUT2D eigenvalue weighted by molar-refractivity contribution is 4.80. The molecule has 2 nitrogen and oxygen atoms in total. The van der Waals surface area contributed by atoms with Gasteiger partial charge in [-0.3, -0.25) is 0 Å². The molecule has 2 N–H and O–H groups in total. The van der Waals surface area contributed by atoms with Gasteiger partial charge in [0.15, 0.2) is 0 Å². The number of hydrogen-bond donors (Lipinski definition) is 1. The number of rotatable bonds is 3. The van der Waals surface area contributed by atoms with Crippen molar-refractivity contribution in [3.8, 4) is 0 Å². The van der Waals surface area contributed by atoms with E-state index in [1.54, 1.807) is 0 Å². The molecule has 0 spiro atoms. The van der Waals surface area contributed by atoms with Crippen molar-refractivity contribution in [2.45, 2.75) is 83.0 Å². The maximum atomic E-state index is 6.33. The molecule has 2 aliphatic rings. The predicted octanol–water partition coefficient (Wildman–Crippen LogP) is 3.24. The maximum Gasteiger partial charge on any atom is 0.0606 e. The highest BCUT2D eigenvalue weighted by atomic mass is 16.5. The van der Waals surface area contributed by atoms with Gasteiger partial charge in [-0.2, -0.15) is 0 Å². The quantitative estimate of drug-likeness (QED) is 0.800. The smallest absolute Gasteiger partial charge is 0.0606 e. The van der Waals surface area contributed by atoms with Gasteiger partial charge < -0.3 is 10.5 Å². The minimum absolute atomic E-state index is 0.391. The lowest BCUT2D eigenvalue weighted by atomic mass is 9.84. The number of nitrogens with two attached hydrogens (primary N) is 1. The maximum absolute atomic E-state index is 6.33. The summed E-state index contributed by atoms with van der Waals surface area (Å²) < 4.78 is 6.33. The second kappa shape index (κ2) is 6.02. The lowest BCUT2D eigenvalue weighted by Gasteiger charge is -2.36. The van der Waals surface area contributed by atoms with Crippen LogP contribution in [-0.4, -0.2) is 18.2 Å². The van der Waals surface area contributed by atoms with Crippen molar-refractivity contribution in [1.29, 1.82) is 0 Å². The molecule has 0 bridgehead atoms. The van der Waals surface area contributed by atoms with E-state index >= 15 is 0 Å². The van der Waals surface area contributed by atoms with Gasteiger partial charge in [-0.15, -0.1) is 0 Å². The molecule has 2 fully saturated rings. The topological polar surface area (TPSA) is 35.2 Å². The average molecular weight is 225 g/mol. The molecular weight excluding hydrogens is 198 g/mol. The Balaban J connectivity index is 1.82. The fourth-order valence-corrected chi connectivity index (χ4v) is 3.37. The second-order valence-corrected chi connectivity index (χ2v) is 5.68. The molecule has 2 rings (SSSR count). The van der Waals surface area contributed by atoms with Gasteiger partial charge in [-0.25, -0.2) is 0 Å². The fourth-order valence-electron chi connectivity index (χ4n) is 3.37. The zero-order valence-electron chi connectivity index (χ0n) is 10.7. The first-order valence-electron chi connectivity index (χ1n) is 7.20. The molecule has 0 heterocycles. The Morgan fingerprint density at radius 1 is 1.06 bits per heavy atom. The van der Waals surface area contributed by atoms with Crippen LogP contribution in [0.5, 0.6) is 0 Å². The van der Waals surface area contributed by atoms with Crippen LogP contribution in [0.3, 0.4) is 0 Å². The van der Waals surface area contributed by atoms with Crippen LogP contribution >= 0.6 is 0 Å². The summed E-state index contributed by atoms with van der Waals surface area (Å²) in [6.45, 7) is 2.30. The Bertz CT molecular complexity index is 207. The summed E-state index contributed by atoms with van der Waals surface area (Å²) >= 11 is 0. The summed E-state index contributed by atoms with van der Waals surface area (Å²) in [7, 11) is 0. The first kappa shape index (κ1) is 12.4. The van der Waals surface area contributed by atoms with E-state index in [-0.39, 0.29) is 0 Å². The van der Waals surface area contributed by atoms with E-state index in [0.717, 1.165) is 12.3 Å². The van der Waals surface area contributed by atoms with E-state index in [0.29, 0.717) is 18.2 Å². The van der Waals surface area contributed by atoms with Crippen molar-refractivity contribution >= 4 is 0 Å². The van der Waals surface area contributed by atoms with Crippen molar-refractivity contribution < 1.29 is 4.74 Å². The third-order valence-electron chi connectivity index (χ3n) is 4.40. The highest BCUT2D eigenvalue weighted by Gasteiger charge is 2.28. The fraction of sp³-hybridized carbons (Fsp3) is 1.00. The summed E-state index contributed by atoms with van der Waals surface area (Å²) in [6, 6.07) is 0.391. The number of hydrogen-bond acceptors (Lipinski definition) is 2. The minimum Gasteiger partial charge on any atom is -0.375 e. The van der Waals surface area contributed by atoms with Crippen molar-refractivity contribution in [1.82, 2.24) is 0 Å². The van der Waals surface area contributed by atoms with E-state index in [2.05, 4.69) is 6.92 Å². The van der Waals surface area contributed by atoms with Crippen LogP contribution in [0.25, 0.3) is 0 Å². The molecule has 0 aromatic heterocycles. The Morgan fingerprint density at radius 3 is 2.62 bits per heavy atom. The van der Waals surface area contributed by atoms with Crippen molar-refractivity contribution in [3.05, 3.63) is 0 Å². The third kappa shape index (κ3) is 3.21. The minimum atomic E-state index is 0.391. The Hall–Kier alpha value is -0.0800. The molecule has 4 unspecified atom stereocenters. The molecule has 0 aromatic carbocycles. The SMILES string of the molecule is CCC1CCCCC1OC1CCCC(N)C1. The molecule has 2 saturated carbocycles. The van der Waals surface area contributed by atoms with E-state index in [1.807, 2.05) is 0 Å². The lowest BCUT2D eigenvalue weighted by Crippen LogP contribution is -2.37. The first-order valence-corrected chi connectivity index (χ1v) is 7.20. The molecule has 94 valence electrons. The molecule has 2 heteroatoms. The molecule has 0 radical (unpaired) electrons. The molecule has 0 aliphatic heterocycles. The van der Waals surface area contributed by atoms with Crippen LogP contribution in [0.4, 0.5) is 0 Å². The molecule has 0 saturated heterocycles. The highest BCUT2D eigenvalue weighted by Crippen LogP contribution is 2.32. The van der Waals surface area contributed by atoms with Gasteiger partial charge in [0, 0.05) is 6.04 Å². The van der Waals surface area contributed by atoms with Crippen LogP contribution in [0.2, 0.25) is 0 Å². The lowest BCUT2D eigenvalue weighted by molar-refractivity contribution is -0.0751. The Kier molecular flexibility index (Phi) is 4.66. The summed E-state index contributed by atoms with van der Waals surface area (Å²) in [5, 5.41) is 0. The molecule has 2 aliphatic carbocycles. The van der Waals surface area contributed by atoms with Crippen molar-refractivity contribution in [2.75, 3.05) is 0 Å². The zero-order chi connectivity index (χ0) is 11.4. The summed E-state index contributed by atoms with van der Waals surface area (Å²) in [4.78, 5) is 0. The molecule has 16 heavy (non-hydrogen) atoms. The van der Waals surface area contributed by atoms with Crippen LogP contribution in [0.15, 0.2) is 0 Å². The second-order valence-electron chi connectivity index (χ2n) is 5.68.